The van der Waals surface area contributed by atoms with Crippen molar-refractivity contribution in [3.63, 3.8) is 0 Å². The number of nitrogens with one attached hydrogen (secondary N) is 1. The van der Waals surface area contributed by atoms with Gasteiger partial charge >= 0.3 is 5.97 Å². The topological polar surface area (TPSA) is 84.9 Å². The Hall–Kier alpha value is -2.08. The average Bonchev–Trinajstić information content (AvgIpc) is 2.48. The smallest absolute Gasteiger partial charge is 0.305 e. The zero-order valence-corrected chi connectivity index (χ0v) is 12.6. The second-order valence-electron chi connectivity index (χ2n) is 5.38. The monoisotopic (exact) mass is 307 g/mol. The van der Waals surface area contributed by atoms with Crippen LogP contribution in [0.2, 0.25) is 0 Å². The lowest BCUT2D eigenvalue weighted by atomic mass is 9.86. The van der Waals surface area contributed by atoms with Crippen LogP contribution in [0.15, 0.2) is 24.3 Å². The molecule has 120 valence electrons. The number of carbonyl (C=O) groups is 2. The lowest BCUT2D eigenvalue weighted by Crippen LogP contribution is -2.53. The number of hydrogen-bond donors (Lipinski definition) is 2. The van der Waals surface area contributed by atoms with Crippen molar-refractivity contribution in [2.24, 2.45) is 0 Å². The van der Waals surface area contributed by atoms with Gasteiger partial charge in [-0.15, -0.1) is 0 Å². The number of benzene rings is 1. The minimum Gasteiger partial charge on any atom is -0.494 e. The van der Waals surface area contributed by atoms with Gasteiger partial charge in [-0.25, -0.2) is 0 Å². The molecule has 1 saturated heterocycles. The Morgan fingerprint density at radius 3 is 2.73 bits per heavy atom. The minimum atomic E-state index is -0.926. The summed E-state index contributed by atoms with van der Waals surface area (Å²) in [5, 5.41) is 12.0. The fourth-order valence-corrected chi connectivity index (χ4v) is 2.60. The molecule has 1 heterocycles. The van der Waals surface area contributed by atoms with Crippen molar-refractivity contribution < 1.29 is 24.2 Å². The van der Waals surface area contributed by atoms with Crippen LogP contribution < -0.4 is 10.1 Å². The summed E-state index contributed by atoms with van der Waals surface area (Å²) in [7, 11) is 0. The highest BCUT2D eigenvalue weighted by Gasteiger charge is 2.36. The van der Waals surface area contributed by atoms with Crippen molar-refractivity contribution in [1.29, 1.82) is 0 Å². The van der Waals surface area contributed by atoms with E-state index in [0.717, 1.165) is 0 Å². The van der Waals surface area contributed by atoms with Gasteiger partial charge in [-0.3, -0.25) is 9.59 Å². The molecule has 0 bridgehead atoms. The molecule has 0 saturated carbocycles. The van der Waals surface area contributed by atoms with Gasteiger partial charge in [-0.2, -0.15) is 0 Å². The fraction of sp³-hybridized carbons (Fsp3) is 0.500. The maximum Gasteiger partial charge on any atom is 0.305 e. The molecule has 2 N–H and O–H groups in total. The van der Waals surface area contributed by atoms with E-state index in [2.05, 4.69) is 5.32 Å². The molecule has 1 amide bonds. The van der Waals surface area contributed by atoms with Crippen molar-refractivity contribution >= 4 is 11.9 Å². The van der Waals surface area contributed by atoms with Crippen LogP contribution in [-0.4, -0.2) is 42.3 Å². The summed E-state index contributed by atoms with van der Waals surface area (Å²) in [6.07, 6.45) is 0.889. The van der Waals surface area contributed by atoms with Gasteiger partial charge in [0.15, 0.2) is 0 Å². The number of ether oxygens (including phenoxy) is 2. The van der Waals surface area contributed by atoms with Crippen molar-refractivity contribution in [1.82, 2.24) is 5.32 Å². The first kappa shape index (κ1) is 16.3. The van der Waals surface area contributed by atoms with E-state index in [1.807, 2.05) is 6.92 Å². The Balaban J connectivity index is 2.13. The van der Waals surface area contributed by atoms with Crippen molar-refractivity contribution in [2.45, 2.75) is 31.7 Å². The summed E-state index contributed by atoms with van der Waals surface area (Å²) in [6.45, 7) is 3.29. The third kappa shape index (κ3) is 4.21. The van der Waals surface area contributed by atoms with Crippen molar-refractivity contribution in [3.05, 3.63) is 29.8 Å². The molecule has 1 aliphatic heterocycles. The first-order valence-corrected chi connectivity index (χ1v) is 7.39. The number of rotatable bonds is 6. The highest BCUT2D eigenvalue weighted by atomic mass is 16.5. The maximum atomic E-state index is 12.5. The van der Waals surface area contributed by atoms with Crippen molar-refractivity contribution in [3.8, 4) is 5.75 Å². The van der Waals surface area contributed by atoms with Gasteiger partial charge in [0.05, 0.1) is 18.6 Å². The summed E-state index contributed by atoms with van der Waals surface area (Å²) in [5.41, 5.74) is -0.287. The number of amides is 1. The van der Waals surface area contributed by atoms with E-state index in [9.17, 15) is 9.59 Å². The van der Waals surface area contributed by atoms with Crippen LogP contribution in [0.25, 0.3) is 0 Å². The van der Waals surface area contributed by atoms with E-state index in [0.29, 0.717) is 44.0 Å². The van der Waals surface area contributed by atoms with E-state index >= 15 is 0 Å². The molecule has 6 heteroatoms. The largest absolute Gasteiger partial charge is 0.494 e. The highest BCUT2D eigenvalue weighted by Crippen LogP contribution is 2.25. The number of aliphatic carboxylic acids is 1. The van der Waals surface area contributed by atoms with Crippen LogP contribution >= 0.6 is 0 Å². The van der Waals surface area contributed by atoms with Gasteiger partial charge in [0.25, 0.3) is 5.91 Å². The molecule has 1 fully saturated rings. The summed E-state index contributed by atoms with van der Waals surface area (Å²) in [5.74, 6) is -0.593. The predicted molar refractivity (Wildman–Crippen MR) is 80.1 cm³/mol. The van der Waals surface area contributed by atoms with Gasteiger partial charge in [0, 0.05) is 18.8 Å². The van der Waals surface area contributed by atoms with Crippen LogP contribution in [0.4, 0.5) is 0 Å². The molecule has 2 rings (SSSR count). The first-order chi connectivity index (χ1) is 10.5. The number of carboxylic acids is 1. The zero-order chi connectivity index (χ0) is 16.0. The lowest BCUT2D eigenvalue weighted by Gasteiger charge is -2.36. The van der Waals surface area contributed by atoms with Gasteiger partial charge < -0.3 is 19.9 Å². The Morgan fingerprint density at radius 1 is 1.36 bits per heavy atom. The summed E-state index contributed by atoms with van der Waals surface area (Å²) in [6, 6.07) is 6.87. The molecule has 0 aliphatic carbocycles. The number of carboxylic acid groups (broad SMARTS) is 1. The molecule has 1 aromatic carbocycles. The molecule has 0 atom stereocenters. The molecular weight excluding hydrogens is 286 g/mol. The molecular formula is C16H21NO5. The summed E-state index contributed by atoms with van der Waals surface area (Å²) >= 11 is 0. The van der Waals surface area contributed by atoms with Crippen LogP contribution in [0, 0.1) is 0 Å². The summed E-state index contributed by atoms with van der Waals surface area (Å²) in [4.78, 5) is 23.6. The van der Waals surface area contributed by atoms with Gasteiger partial charge in [-0.1, -0.05) is 6.07 Å². The van der Waals surface area contributed by atoms with Crippen LogP contribution in [-0.2, 0) is 9.53 Å². The van der Waals surface area contributed by atoms with E-state index in [1.54, 1.807) is 24.3 Å². The van der Waals surface area contributed by atoms with E-state index in [-0.39, 0.29) is 12.3 Å². The van der Waals surface area contributed by atoms with E-state index < -0.39 is 11.5 Å². The van der Waals surface area contributed by atoms with Gasteiger partial charge in [0.2, 0.25) is 0 Å². The molecule has 1 aromatic rings. The number of hydrogen-bond acceptors (Lipinski definition) is 4. The predicted octanol–water partition coefficient (Wildman–Crippen LogP) is 1.84. The third-order valence-electron chi connectivity index (χ3n) is 3.73. The van der Waals surface area contributed by atoms with E-state index in [1.165, 1.54) is 0 Å². The van der Waals surface area contributed by atoms with E-state index in [4.69, 9.17) is 14.6 Å². The maximum absolute atomic E-state index is 12.5. The van der Waals surface area contributed by atoms with Crippen LogP contribution in [0.1, 0.15) is 36.5 Å². The zero-order valence-electron chi connectivity index (χ0n) is 12.6. The Labute approximate surface area is 129 Å². The molecule has 0 radical (unpaired) electrons. The Bertz CT molecular complexity index is 537. The highest BCUT2D eigenvalue weighted by molar-refractivity contribution is 5.95. The van der Waals surface area contributed by atoms with Crippen LogP contribution in [0.5, 0.6) is 5.75 Å². The Kier molecular flexibility index (Phi) is 5.38. The normalized spacial score (nSPS) is 16.8. The second kappa shape index (κ2) is 7.26. The fourth-order valence-electron chi connectivity index (χ4n) is 2.60. The molecule has 0 unspecified atom stereocenters. The standard InChI is InChI=1S/C16H21NO5/c1-2-22-13-5-3-4-12(10-13)15(20)17-16(11-14(18)19)6-8-21-9-7-16/h3-5,10H,2,6-9,11H2,1H3,(H,17,20)(H,18,19). The SMILES string of the molecule is CCOc1cccc(C(=O)NC2(CC(=O)O)CCOCC2)c1. The summed E-state index contributed by atoms with van der Waals surface area (Å²) < 4.78 is 10.7. The van der Waals surface area contributed by atoms with Gasteiger partial charge in [-0.05, 0) is 38.0 Å². The quantitative estimate of drug-likeness (QED) is 0.837. The second-order valence-corrected chi connectivity index (χ2v) is 5.38. The first-order valence-electron chi connectivity index (χ1n) is 7.39. The lowest BCUT2D eigenvalue weighted by molar-refractivity contribution is -0.139. The minimum absolute atomic E-state index is 0.104. The molecule has 0 spiro atoms. The molecule has 6 nitrogen and oxygen atoms in total. The average molecular weight is 307 g/mol. The van der Waals surface area contributed by atoms with Crippen molar-refractivity contribution in [2.75, 3.05) is 19.8 Å². The molecule has 0 aromatic heterocycles. The molecule has 1 aliphatic rings. The van der Waals surface area contributed by atoms with Crippen LogP contribution in [0.3, 0.4) is 0 Å². The van der Waals surface area contributed by atoms with Gasteiger partial charge in [0.1, 0.15) is 5.75 Å². The Morgan fingerprint density at radius 2 is 2.09 bits per heavy atom. The third-order valence-corrected chi connectivity index (χ3v) is 3.73. The number of carbonyl (C=O) groups excluding carboxylic acids is 1. The molecule has 22 heavy (non-hydrogen) atoms.